The van der Waals surface area contributed by atoms with E-state index < -0.39 is 29.6 Å². The van der Waals surface area contributed by atoms with Gasteiger partial charge in [0, 0.05) is 0 Å². The van der Waals surface area contributed by atoms with E-state index in [2.05, 4.69) is 0 Å². The number of esters is 2. The second-order valence-electron chi connectivity index (χ2n) is 7.16. The van der Waals surface area contributed by atoms with Crippen molar-refractivity contribution in [2.24, 2.45) is 5.92 Å². The molecule has 0 fully saturated rings. The number of hydrogen-bond donors (Lipinski definition) is 0. The highest BCUT2D eigenvalue weighted by Gasteiger charge is 2.23. The maximum absolute atomic E-state index is 13.1. The molecule has 0 radical (unpaired) electrons. The van der Waals surface area contributed by atoms with E-state index in [0.717, 1.165) is 0 Å². The van der Waals surface area contributed by atoms with E-state index in [1.165, 1.54) is 18.2 Å². The van der Waals surface area contributed by atoms with Crippen LogP contribution in [-0.2, 0) is 19.1 Å². The van der Waals surface area contributed by atoms with Gasteiger partial charge >= 0.3 is 11.9 Å². The Kier molecular flexibility index (Phi) is 7.39. The molecule has 0 aliphatic carbocycles. The van der Waals surface area contributed by atoms with Crippen molar-refractivity contribution >= 4 is 11.9 Å². The van der Waals surface area contributed by atoms with Crippen molar-refractivity contribution in [2.45, 2.75) is 59.7 Å². The SMILES string of the molecule is Cc1cc(F)ccc1O[C@@H](C)COC(=O)[C@H](C)CC(=O)OC(C)(C)C. The van der Waals surface area contributed by atoms with Gasteiger partial charge in [-0.2, -0.15) is 0 Å². The summed E-state index contributed by atoms with van der Waals surface area (Å²) in [6.07, 6.45) is -0.440. The highest BCUT2D eigenvalue weighted by Crippen LogP contribution is 2.20. The van der Waals surface area contributed by atoms with Crippen LogP contribution in [0.1, 0.15) is 46.6 Å². The number of carbonyl (C=O) groups is 2. The third-order valence-corrected chi connectivity index (χ3v) is 3.22. The molecule has 0 aromatic heterocycles. The first kappa shape index (κ1) is 20.9. The third-order valence-electron chi connectivity index (χ3n) is 3.22. The molecule has 0 saturated carbocycles. The van der Waals surface area contributed by atoms with Crippen molar-refractivity contribution in [1.29, 1.82) is 0 Å². The van der Waals surface area contributed by atoms with Crippen LogP contribution in [0.15, 0.2) is 18.2 Å². The van der Waals surface area contributed by atoms with Gasteiger partial charge in [0.2, 0.25) is 0 Å². The predicted molar refractivity (Wildman–Crippen MR) is 91.8 cm³/mol. The molecule has 6 heteroatoms. The lowest BCUT2D eigenvalue weighted by Gasteiger charge is -2.21. The highest BCUT2D eigenvalue weighted by molar-refractivity contribution is 5.79. The van der Waals surface area contributed by atoms with Crippen LogP contribution in [0, 0.1) is 18.7 Å². The summed E-state index contributed by atoms with van der Waals surface area (Å²) in [5.74, 6) is -1.33. The zero-order chi connectivity index (χ0) is 19.2. The Balaban J connectivity index is 2.43. The molecule has 2 atom stereocenters. The Bertz CT molecular complexity index is 606. The topological polar surface area (TPSA) is 61.8 Å². The van der Waals surface area contributed by atoms with Gasteiger partial charge in [-0.25, -0.2) is 4.39 Å². The molecule has 0 saturated heterocycles. The Morgan fingerprint density at radius 1 is 1.20 bits per heavy atom. The minimum atomic E-state index is -0.602. The van der Waals surface area contributed by atoms with Crippen LogP contribution in [0.3, 0.4) is 0 Å². The van der Waals surface area contributed by atoms with Crippen molar-refractivity contribution in [3.8, 4) is 5.75 Å². The van der Waals surface area contributed by atoms with Gasteiger partial charge in [0.1, 0.15) is 29.9 Å². The largest absolute Gasteiger partial charge is 0.487 e. The average molecular weight is 354 g/mol. The van der Waals surface area contributed by atoms with Crippen LogP contribution in [-0.4, -0.2) is 30.3 Å². The van der Waals surface area contributed by atoms with Crippen molar-refractivity contribution in [1.82, 2.24) is 0 Å². The molecular formula is C19H27FO5. The minimum absolute atomic E-state index is 0.0360. The van der Waals surface area contributed by atoms with Crippen LogP contribution >= 0.6 is 0 Å². The number of benzene rings is 1. The maximum atomic E-state index is 13.1. The van der Waals surface area contributed by atoms with Gasteiger partial charge in [0.05, 0.1) is 12.3 Å². The summed E-state index contributed by atoms with van der Waals surface area (Å²) in [6.45, 7) is 10.4. The predicted octanol–water partition coefficient (Wildman–Crippen LogP) is 3.81. The van der Waals surface area contributed by atoms with Gasteiger partial charge in [-0.3, -0.25) is 9.59 Å². The Hall–Kier alpha value is -2.11. The lowest BCUT2D eigenvalue weighted by molar-refractivity contribution is -0.161. The van der Waals surface area contributed by atoms with Crippen molar-refractivity contribution in [2.75, 3.05) is 6.61 Å². The number of ether oxygens (including phenoxy) is 3. The third kappa shape index (κ3) is 8.01. The van der Waals surface area contributed by atoms with Gasteiger partial charge in [-0.15, -0.1) is 0 Å². The van der Waals surface area contributed by atoms with Crippen LogP contribution in [0.4, 0.5) is 4.39 Å². The molecule has 0 amide bonds. The van der Waals surface area contributed by atoms with E-state index in [4.69, 9.17) is 14.2 Å². The molecule has 0 unspecified atom stereocenters. The Morgan fingerprint density at radius 2 is 1.84 bits per heavy atom. The van der Waals surface area contributed by atoms with E-state index in [1.807, 2.05) is 0 Å². The molecular weight excluding hydrogens is 327 g/mol. The van der Waals surface area contributed by atoms with Crippen molar-refractivity contribution in [3.63, 3.8) is 0 Å². The molecule has 0 aliphatic rings. The van der Waals surface area contributed by atoms with Gasteiger partial charge in [-0.1, -0.05) is 6.92 Å². The molecule has 0 heterocycles. The molecule has 0 aliphatic heterocycles. The van der Waals surface area contributed by atoms with Gasteiger partial charge in [-0.05, 0) is 58.4 Å². The van der Waals surface area contributed by atoms with Crippen molar-refractivity contribution < 1.29 is 28.2 Å². The Morgan fingerprint density at radius 3 is 2.40 bits per heavy atom. The lowest BCUT2D eigenvalue weighted by atomic mass is 10.1. The first-order chi connectivity index (χ1) is 11.5. The molecule has 140 valence electrons. The maximum Gasteiger partial charge on any atom is 0.309 e. The fourth-order valence-corrected chi connectivity index (χ4v) is 2.05. The quantitative estimate of drug-likeness (QED) is 0.697. The minimum Gasteiger partial charge on any atom is -0.487 e. The summed E-state index contributed by atoms with van der Waals surface area (Å²) in [4.78, 5) is 23.7. The molecule has 25 heavy (non-hydrogen) atoms. The summed E-state index contributed by atoms with van der Waals surface area (Å²) in [6, 6.07) is 4.22. The van der Waals surface area contributed by atoms with E-state index in [9.17, 15) is 14.0 Å². The summed E-state index contributed by atoms with van der Waals surface area (Å²) >= 11 is 0. The summed E-state index contributed by atoms with van der Waals surface area (Å²) in [5, 5.41) is 0. The van der Waals surface area contributed by atoms with E-state index in [1.54, 1.807) is 41.5 Å². The molecule has 1 aromatic carbocycles. The Labute approximate surface area is 148 Å². The van der Waals surface area contributed by atoms with Crippen molar-refractivity contribution in [3.05, 3.63) is 29.6 Å². The fraction of sp³-hybridized carbons (Fsp3) is 0.579. The smallest absolute Gasteiger partial charge is 0.309 e. The first-order valence-corrected chi connectivity index (χ1v) is 8.29. The second-order valence-corrected chi connectivity index (χ2v) is 7.16. The molecule has 1 rings (SSSR count). The number of aryl methyl sites for hydroxylation is 1. The normalized spacial score (nSPS) is 13.7. The van der Waals surface area contributed by atoms with Crippen LogP contribution in [0.25, 0.3) is 0 Å². The second kappa shape index (κ2) is 8.83. The number of rotatable bonds is 7. The molecule has 0 N–H and O–H groups in total. The molecule has 0 spiro atoms. The molecule has 1 aromatic rings. The molecule has 0 bridgehead atoms. The van der Waals surface area contributed by atoms with Gasteiger partial charge < -0.3 is 14.2 Å². The fourth-order valence-electron chi connectivity index (χ4n) is 2.05. The van der Waals surface area contributed by atoms with Gasteiger partial charge in [0.25, 0.3) is 0 Å². The first-order valence-electron chi connectivity index (χ1n) is 8.29. The zero-order valence-corrected chi connectivity index (χ0v) is 15.7. The standard InChI is InChI=1S/C19H27FO5/c1-12-9-15(20)7-8-16(12)24-14(3)11-23-18(22)13(2)10-17(21)25-19(4,5)6/h7-9,13-14H,10-11H2,1-6H3/t13-,14+/m1/s1. The van der Waals surface area contributed by atoms with Crippen LogP contribution in [0.5, 0.6) is 5.75 Å². The zero-order valence-electron chi connectivity index (χ0n) is 15.7. The van der Waals surface area contributed by atoms with Crippen LogP contribution < -0.4 is 4.74 Å². The summed E-state index contributed by atoms with van der Waals surface area (Å²) in [5.41, 5.74) is 0.0762. The van der Waals surface area contributed by atoms with Crippen LogP contribution in [0.2, 0.25) is 0 Å². The number of halogens is 1. The molecule has 5 nitrogen and oxygen atoms in total. The highest BCUT2D eigenvalue weighted by atomic mass is 19.1. The van der Waals surface area contributed by atoms with E-state index >= 15 is 0 Å². The summed E-state index contributed by atoms with van der Waals surface area (Å²) in [7, 11) is 0. The average Bonchev–Trinajstić information content (AvgIpc) is 2.45. The summed E-state index contributed by atoms with van der Waals surface area (Å²) < 4.78 is 29.1. The van der Waals surface area contributed by atoms with E-state index in [-0.39, 0.29) is 18.8 Å². The van der Waals surface area contributed by atoms with Gasteiger partial charge in [0.15, 0.2) is 0 Å². The number of hydrogen-bond acceptors (Lipinski definition) is 5. The lowest BCUT2D eigenvalue weighted by Crippen LogP contribution is -2.28. The number of carbonyl (C=O) groups excluding carboxylic acids is 2. The van der Waals surface area contributed by atoms with E-state index in [0.29, 0.717) is 11.3 Å². The monoisotopic (exact) mass is 354 g/mol.